The van der Waals surface area contributed by atoms with Crippen LogP contribution in [-0.4, -0.2) is 37.3 Å². The summed E-state index contributed by atoms with van der Waals surface area (Å²) >= 11 is 1.69. The highest BCUT2D eigenvalue weighted by atomic mass is 32.1. The molecule has 120 valence electrons. The summed E-state index contributed by atoms with van der Waals surface area (Å²) in [6, 6.07) is 2.04. The number of thiazole rings is 1. The van der Waals surface area contributed by atoms with Gasteiger partial charge in [0.25, 0.3) is 0 Å². The molecule has 6 heteroatoms. The summed E-state index contributed by atoms with van der Waals surface area (Å²) in [5.74, 6) is 1.45. The molecule has 0 bridgehead atoms. The maximum atomic E-state index is 4.65. The molecule has 3 aromatic heterocycles. The number of rotatable bonds is 3. The molecule has 1 fully saturated rings. The van der Waals surface area contributed by atoms with E-state index in [1.165, 1.54) is 5.69 Å². The van der Waals surface area contributed by atoms with Crippen molar-refractivity contribution < 1.29 is 0 Å². The van der Waals surface area contributed by atoms with Crippen molar-refractivity contribution in [3.05, 3.63) is 46.2 Å². The van der Waals surface area contributed by atoms with E-state index in [9.17, 15) is 0 Å². The molecule has 23 heavy (non-hydrogen) atoms. The van der Waals surface area contributed by atoms with E-state index in [1.54, 1.807) is 11.3 Å². The van der Waals surface area contributed by atoms with E-state index in [0.717, 1.165) is 53.9 Å². The van der Waals surface area contributed by atoms with Gasteiger partial charge in [-0.15, -0.1) is 11.3 Å². The van der Waals surface area contributed by atoms with Gasteiger partial charge in [0.15, 0.2) is 4.96 Å². The lowest BCUT2D eigenvalue weighted by atomic mass is 10.1. The van der Waals surface area contributed by atoms with Crippen LogP contribution in [0.1, 0.15) is 40.9 Å². The van der Waals surface area contributed by atoms with Crippen molar-refractivity contribution >= 4 is 16.3 Å². The second-order valence-electron chi connectivity index (χ2n) is 6.43. The third kappa shape index (κ3) is 2.77. The third-order valence-corrected chi connectivity index (χ3v) is 5.33. The zero-order valence-corrected chi connectivity index (χ0v) is 14.6. The number of hydrogen-bond acceptors (Lipinski definition) is 5. The van der Waals surface area contributed by atoms with Gasteiger partial charge in [-0.3, -0.25) is 9.30 Å². The molecule has 5 nitrogen and oxygen atoms in total. The van der Waals surface area contributed by atoms with E-state index >= 15 is 0 Å². The minimum atomic E-state index is 0.444. The Balaban J connectivity index is 1.52. The monoisotopic (exact) mass is 327 g/mol. The first kappa shape index (κ1) is 14.8. The largest absolute Gasteiger partial charge is 0.297 e. The van der Waals surface area contributed by atoms with Gasteiger partial charge in [0.2, 0.25) is 0 Å². The van der Waals surface area contributed by atoms with Crippen LogP contribution in [0.5, 0.6) is 0 Å². The second kappa shape index (κ2) is 5.69. The summed E-state index contributed by atoms with van der Waals surface area (Å²) in [6.07, 6.45) is 3.25. The van der Waals surface area contributed by atoms with Crippen molar-refractivity contribution in [2.45, 2.75) is 39.7 Å². The number of likely N-dealkylation sites (tertiary alicyclic amines) is 1. The number of aromatic nitrogens is 4. The molecule has 1 saturated heterocycles. The lowest BCUT2D eigenvalue weighted by Crippen LogP contribution is -2.21. The number of imidazole rings is 1. The average Bonchev–Trinajstić information content (AvgIpc) is 3.17. The Hall–Kier alpha value is -1.79. The molecule has 0 unspecified atom stereocenters. The van der Waals surface area contributed by atoms with Crippen LogP contribution in [0.2, 0.25) is 0 Å². The standard InChI is InChI=1S/C17H21N5S/c1-11-8-12(2)19-16(18-11)14-4-5-21(9-14)10-15-13(3)20-17-22(15)6-7-23-17/h6-8,14H,4-5,9-10H2,1-3H3/t14-/m0/s1. The van der Waals surface area contributed by atoms with E-state index in [-0.39, 0.29) is 0 Å². The van der Waals surface area contributed by atoms with E-state index in [4.69, 9.17) is 0 Å². The number of nitrogens with zero attached hydrogens (tertiary/aromatic N) is 5. The maximum absolute atomic E-state index is 4.65. The second-order valence-corrected chi connectivity index (χ2v) is 7.30. The number of aryl methyl sites for hydroxylation is 3. The van der Waals surface area contributed by atoms with Crippen molar-refractivity contribution in [2.75, 3.05) is 13.1 Å². The summed E-state index contributed by atoms with van der Waals surface area (Å²) in [7, 11) is 0. The summed E-state index contributed by atoms with van der Waals surface area (Å²) < 4.78 is 2.22. The van der Waals surface area contributed by atoms with Gasteiger partial charge in [-0.25, -0.2) is 15.0 Å². The average molecular weight is 327 g/mol. The van der Waals surface area contributed by atoms with Gasteiger partial charge in [-0.1, -0.05) is 0 Å². The van der Waals surface area contributed by atoms with Crippen LogP contribution in [0.3, 0.4) is 0 Å². The van der Waals surface area contributed by atoms with Crippen LogP contribution in [0.4, 0.5) is 0 Å². The first-order valence-corrected chi connectivity index (χ1v) is 8.93. The van der Waals surface area contributed by atoms with Crippen molar-refractivity contribution in [3.8, 4) is 0 Å². The molecule has 0 N–H and O–H groups in total. The first-order valence-electron chi connectivity index (χ1n) is 8.05. The molecule has 1 aliphatic rings. The smallest absolute Gasteiger partial charge is 0.194 e. The Morgan fingerprint density at radius 3 is 2.74 bits per heavy atom. The zero-order chi connectivity index (χ0) is 16.0. The van der Waals surface area contributed by atoms with Crippen LogP contribution in [0, 0.1) is 20.8 Å². The minimum absolute atomic E-state index is 0.444. The maximum Gasteiger partial charge on any atom is 0.194 e. The Bertz CT molecular complexity index is 830. The minimum Gasteiger partial charge on any atom is -0.297 e. The number of hydrogen-bond donors (Lipinski definition) is 0. The van der Waals surface area contributed by atoms with Crippen LogP contribution in [0.15, 0.2) is 17.6 Å². The lowest BCUT2D eigenvalue weighted by molar-refractivity contribution is 0.320. The van der Waals surface area contributed by atoms with Crippen molar-refractivity contribution in [1.82, 2.24) is 24.3 Å². The lowest BCUT2D eigenvalue weighted by Gasteiger charge is -2.16. The van der Waals surface area contributed by atoms with E-state index in [2.05, 4.69) is 42.8 Å². The Kier molecular flexibility index (Phi) is 3.66. The summed E-state index contributed by atoms with van der Waals surface area (Å²) in [4.78, 5) is 17.5. The Morgan fingerprint density at radius 2 is 1.96 bits per heavy atom. The van der Waals surface area contributed by atoms with Gasteiger partial charge in [0.05, 0.1) is 11.4 Å². The molecule has 3 aromatic rings. The van der Waals surface area contributed by atoms with Gasteiger partial charge < -0.3 is 0 Å². The molecular weight excluding hydrogens is 306 g/mol. The summed E-state index contributed by atoms with van der Waals surface area (Å²) in [5.41, 5.74) is 4.58. The highest BCUT2D eigenvalue weighted by molar-refractivity contribution is 7.15. The fraction of sp³-hybridized carbons (Fsp3) is 0.471. The van der Waals surface area contributed by atoms with Crippen LogP contribution in [-0.2, 0) is 6.54 Å². The summed E-state index contributed by atoms with van der Waals surface area (Å²) in [5, 5.41) is 2.10. The molecule has 4 rings (SSSR count). The SMILES string of the molecule is Cc1cc(C)nc([C@H]2CCN(Cc3c(C)nc4sccn34)C2)n1. The molecule has 0 saturated carbocycles. The fourth-order valence-electron chi connectivity index (χ4n) is 3.47. The van der Waals surface area contributed by atoms with Gasteiger partial charge in [-0.05, 0) is 39.8 Å². The summed E-state index contributed by atoms with van der Waals surface area (Å²) in [6.45, 7) is 9.28. The highest BCUT2D eigenvalue weighted by Crippen LogP contribution is 2.27. The van der Waals surface area contributed by atoms with Gasteiger partial charge in [0.1, 0.15) is 5.82 Å². The molecule has 0 spiro atoms. The van der Waals surface area contributed by atoms with E-state index in [1.807, 2.05) is 19.9 Å². The normalized spacial score (nSPS) is 19.0. The van der Waals surface area contributed by atoms with Gasteiger partial charge in [-0.2, -0.15) is 0 Å². The number of fused-ring (bicyclic) bond motifs is 1. The van der Waals surface area contributed by atoms with Crippen molar-refractivity contribution in [3.63, 3.8) is 0 Å². The molecule has 0 aromatic carbocycles. The molecule has 4 heterocycles. The molecule has 1 atom stereocenters. The fourth-order valence-corrected chi connectivity index (χ4v) is 4.24. The van der Waals surface area contributed by atoms with Crippen LogP contribution >= 0.6 is 11.3 Å². The van der Waals surface area contributed by atoms with Gasteiger partial charge in [0, 0.05) is 42.0 Å². The van der Waals surface area contributed by atoms with E-state index in [0.29, 0.717) is 5.92 Å². The quantitative estimate of drug-likeness (QED) is 0.741. The predicted molar refractivity (Wildman–Crippen MR) is 91.9 cm³/mol. The Labute approximate surface area is 140 Å². The molecule has 0 radical (unpaired) electrons. The van der Waals surface area contributed by atoms with Gasteiger partial charge >= 0.3 is 0 Å². The molecule has 1 aliphatic heterocycles. The first-order chi connectivity index (χ1) is 11.1. The topological polar surface area (TPSA) is 46.3 Å². The zero-order valence-electron chi connectivity index (χ0n) is 13.8. The van der Waals surface area contributed by atoms with Crippen LogP contribution < -0.4 is 0 Å². The predicted octanol–water partition coefficient (Wildman–Crippen LogP) is 3.10. The molecule has 0 aliphatic carbocycles. The van der Waals surface area contributed by atoms with Crippen LogP contribution in [0.25, 0.3) is 4.96 Å². The van der Waals surface area contributed by atoms with Crippen molar-refractivity contribution in [1.29, 1.82) is 0 Å². The molecular formula is C17H21N5S. The van der Waals surface area contributed by atoms with E-state index < -0.39 is 0 Å². The highest BCUT2D eigenvalue weighted by Gasteiger charge is 2.27. The molecule has 0 amide bonds. The Morgan fingerprint density at radius 1 is 1.17 bits per heavy atom. The third-order valence-electron chi connectivity index (χ3n) is 4.57. The van der Waals surface area contributed by atoms with Crippen molar-refractivity contribution in [2.24, 2.45) is 0 Å².